The molecule has 1 aliphatic heterocycles. The average molecular weight is 388 g/mol. The van der Waals surface area contributed by atoms with Crippen LogP contribution < -0.4 is 10.1 Å². The number of hydrogen-bond acceptors (Lipinski definition) is 4. The minimum atomic E-state index is 0.247. The largest absolute Gasteiger partial charge is 0.489 e. The summed E-state index contributed by atoms with van der Waals surface area (Å²) < 4.78 is 6.30. The Hall–Kier alpha value is -2.69. The van der Waals surface area contributed by atoms with Gasteiger partial charge in [-0.25, -0.2) is 0 Å². The van der Waals surface area contributed by atoms with E-state index in [1.165, 1.54) is 11.1 Å². The van der Waals surface area contributed by atoms with Crippen molar-refractivity contribution < 1.29 is 4.74 Å². The highest BCUT2D eigenvalue weighted by Crippen LogP contribution is 2.32. The van der Waals surface area contributed by atoms with Crippen molar-refractivity contribution in [1.29, 1.82) is 0 Å². The summed E-state index contributed by atoms with van der Waals surface area (Å²) >= 11 is 0. The zero-order valence-corrected chi connectivity index (χ0v) is 16.8. The predicted octanol–water partition coefficient (Wildman–Crippen LogP) is 4.24. The van der Waals surface area contributed by atoms with Crippen molar-refractivity contribution >= 4 is 0 Å². The molecule has 1 aliphatic rings. The molecule has 0 amide bonds. The minimum absolute atomic E-state index is 0.247. The molecule has 1 atom stereocenters. The molecule has 1 fully saturated rings. The highest BCUT2D eigenvalue weighted by Gasteiger charge is 2.25. The van der Waals surface area contributed by atoms with E-state index < -0.39 is 0 Å². The van der Waals surface area contributed by atoms with Gasteiger partial charge in [0.05, 0.1) is 0 Å². The number of rotatable bonds is 7. The van der Waals surface area contributed by atoms with E-state index in [9.17, 15) is 0 Å². The summed E-state index contributed by atoms with van der Waals surface area (Å²) in [4.78, 5) is 7.19. The highest BCUT2D eigenvalue weighted by molar-refractivity contribution is 5.37. The van der Waals surface area contributed by atoms with Crippen LogP contribution in [-0.2, 0) is 13.0 Å². The van der Waals surface area contributed by atoms with Crippen LogP contribution in [0.2, 0.25) is 0 Å². The van der Waals surface area contributed by atoms with E-state index in [1.807, 2.05) is 18.3 Å². The fourth-order valence-corrected chi connectivity index (χ4v) is 3.95. The number of hydrogen-bond donors (Lipinski definition) is 1. The van der Waals surface area contributed by atoms with Gasteiger partial charge in [0, 0.05) is 49.6 Å². The van der Waals surface area contributed by atoms with E-state index >= 15 is 0 Å². The van der Waals surface area contributed by atoms with Crippen molar-refractivity contribution in [2.45, 2.75) is 25.5 Å². The molecule has 0 aliphatic carbocycles. The molecule has 4 heteroatoms. The molecule has 29 heavy (non-hydrogen) atoms. The van der Waals surface area contributed by atoms with Gasteiger partial charge in [-0.05, 0) is 36.7 Å². The van der Waals surface area contributed by atoms with Gasteiger partial charge in [0.25, 0.3) is 0 Å². The predicted molar refractivity (Wildman–Crippen MR) is 117 cm³/mol. The Balaban J connectivity index is 1.60. The monoisotopic (exact) mass is 387 g/mol. The van der Waals surface area contributed by atoms with Gasteiger partial charge in [0.1, 0.15) is 12.4 Å². The Kier molecular flexibility index (Phi) is 6.89. The van der Waals surface area contributed by atoms with Crippen LogP contribution in [0, 0.1) is 0 Å². The van der Waals surface area contributed by atoms with Gasteiger partial charge in [0.2, 0.25) is 0 Å². The van der Waals surface area contributed by atoms with Crippen LogP contribution >= 0.6 is 0 Å². The Morgan fingerprint density at radius 1 is 0.897 bits per heavy atom. The molecule has 1 saturated heterocycles. The normalized spacial score (nSPS) is 16.1. The molecule has 0 saturated carbocycles. The molecule has 0 radical (unpaired) electrons. The smallest absolute Gasteiger partial charge is 0.124 e. The number of nitrogens with zero attached hydrogens (tertiary/aromatic N) is 2. The summed E-state index contributed by atoms with van der Waals surface area (Å²) in [6.45, 7) is 4.79. The van der Waals surface area contributed by atoms with Crippen LogP contribution in [-0.4, -0.2) is 36.1 Å². The van der Waals surface area contributed by atoms with Crippen molar-refractivity contribution in [2.75, 3.05) is 26.2 Å². The third-order valence-electron chi connectivity index (χ3n) is 5.46. The third-order valence-corrected chi connectivity index (χ3v) is 5.46. The lowest BCUT2D eigenvalue weighted by Gasteiger charge is -2.32. The summed E-state index contributed by atoms with van der Waals surface area (Å²) in [5.41, 5.74) is 3.55. The van der Waals surface area contributed by atoms with Crippen LogP contribution in [0.1, 0.15) is 29.3 Å². The fraction of sp³-hybridized carbons (Fsp3) is 0.320. The number of ether oxygens (including phenoxy) is 1. The second-order valence-electron chi connectivity index (χ2n) is 7.49. The lowest BCUT2D eigenvalue weighted by Crippen LogP contribution is -2.34. The molecular formula is C25H29N3O. The van der Waals surface area contributed by atoms with Crippen LogP contribution in [0.15, 0.2) is 79.0 Å². The molecule has 3 aromatic rings. The van der Waals surface area contributed by atoms with Crippen molar-refractivity contribution in [2.24, 2.45) is 0 Å². The van der Waals surface area contributed by atoms with E-state index in [2.05, 4.69) is 75.9 Å². The molecule has 0 spiro atoms. The Morgan fingerprint density at radius 2 is 1.72 bits per heavy atom. The van der Waals surface area contributed by atoms with Gasteiger partial charge in [-0.2, -0.15) is 0 Å². The summed E-state index contributed by atoms with van der Waals surface area (Å²) in [6.07, 6.45) is 3.92. The van der Waals surface area contributed by atoms with E-state index in [4.69, 9.17) is 4.74 Å². The van der Waals surface area contributed by atoms with E-state index in [-0.39, 0.29) is 6.04 Å². The standard InChI is InChI=1S/C25H29N3O/c1-2-9-21(10-3-1)20-29-25-13-5-4-12-23(25)24(19-22-11-6-7-15-27-22)28-17-8-14-26-16-18-28/h1-7,9-13,15,24,26H,8,14,16-20H2. The van der Waals surface area contributed by atoms with Gasteiger partial charge < -0.3 is 10.1 Å². The number of pyridine rings is 1. The number of para-hydroxylation sites is 1. The molecule has 1 N–H and O–H groups in total. The maximum atomic E-state index is 6.30. The summed E-state index contributed by atoms with van der Waals surface area (Å²) in [7, 11) is 0. The maximum absolute atomic E-state index is 6.30. The average Bonchev–Trinajstić information content (AvgIpc) is 3.07. The molecule has 2 heterocycles. The minimum Gasteiger partial charge on any atom is -0.489 e. The summed E-state index contributed by atoms with van der Waals surface area (Å²) in [5.74, 6) is 0.967. The molecule has 1 aromatic heterocycles. The summed E-state index contributed by atoms with van der Waals surface area (Å²) in [6, 6.07) is 25.3. The van der Waals surface area contributed by atoms with Gasteiger partial charge >= 0.3 is 0 Å². The fourth-order valence-electron chi connectivity index (χ4n) is 3.95. The summed E-state index contributed by atoms with van der Waals surface area (Å²) in [5, 5.41) is 3.52. The molecule has 150 valence electrons. The Bertz CT molecular complexity index is 862. The van der Waals surface area contributed by atoms with E-state index in [1.54, 1.807) is 0 Å². The quantitative estimate of drug-likeness (QED) is 0.658. The number of benzene rings is 2. The Morgan fingerprint density at radius 3 is 2.59 bits per heavy atom. The van der Waals surface area contributed by atoms with Crippen LogP contribution in [0.25, 0.3) is 0 Å². The first-order valence-corrected chi connectivity index (χ1v) is 10.5. The zero-order valence-electron chi connectivity index (χ0n) is 16.8. The second kappa shape index (κ2) is 10.2. The number of aromatic nitrogens is 1. The van der Waals surface area contributed by atoms with Crippen molar-refractivity contribution in [3.8, 4) is 5.75 Å². The van der Waals surface area contributed by atoms with Gasteiger partial charge in [-0.3, -0.25) is 9.88 Å². The van der Waals surface area contributed by atoms with Crippen molar-refractivity contribution in [3.05, 3.63) is 95.8 Å². The molecule has 4 nitrogen and oxygen atoms in total. The van der Waals surface area contributed by atoms with E-state index in [0.29, 0.717) is 6.61 Å². The van der Waals surface area contributed by atoms with Crippen LogP contribution in [0.3, 0.4) is 0 Å². The molecule has 1 unspecified atom stereocenters. The molecular weight excluding hydrogens is 358 g/mol. The lowest BCUT2D eigenvalue weighted by atomic mass is 9.98. The SMILES string of the molecule is c1ccc(COc2ccccc2C(Cc2ccccn2)N2CCCNCC2)cc1. The van der Waals surface area contributed by atoms with Crippen LogP contribution in [0.5, 0.6) is 5.75 Å². The number of nitrogens with one attached hydrogen (secondary N) is 1. The first kappa shape index (κ1) is 19.6. The first-order chi connectivity index (χ1) is 14.4. The van der Waals surface area contributed by atoms with Gasteiger partial charge in [-0.1, -0.05) is 54.6 Å². The van der Waals surface area contributed by atoms with Crippen LogP contribution in [0.4, 0.5) is 0 Å². The first-order valence-electron chi connectivity index (χ1n) is 10.5. The third kappa shape index (κ3) is 5.43. The highest BCUT2D eigenvalue weighted by atomic mass is 16.5. The molecule has 0 bridgehead atoms. The topological polar surface area (TPSA) is 37.4 Å². The Labute approximate surface area is 173 Å². The lowest BCUT2D eigenvalue weighted by molar-refractivity contribution is 0.200. The zero-order chi connectivity index (χ0) is 19.7. The van der Waals surface area contributed by atoms with Gasteiger partial charge in [-0.15, -0.1) is 0 Å². The van der Waals surface area contributed by atoms with Crippen molar-refractivity contribution in [3.63, 3.8) is 0 Å². The second-order valence-corrected chi connectivity index (χ2v) is 7.49. The molecule has 4 rings (SSSR count). The van der Waals surface area contributed by atoms with E-state index in [0.717, 1.165) is 50.5 Å². The maximum Gasteiger partial charge on any atom is 0.124 e. The van der Waals surface area contributed by atoms with Crippen molar-refractivity contribution in [1.82, 2.24) is 15.2 Å². The van der Waals surface area contributed by atoms with Gasteiger partial charge in [0.15, 0.2) is 0 Å². The molecule has 2 aromatic carbocycles.